The van der Waals surface area contributed by atoms with Gasteiger partial charge in [0, 0.05) is 19.6 Å². The number of carbonyl (C=O) groups excluding carboxylic acids is 1. The van der Waals surface area contributed by atoms with Gasteiger partial charge in [0.25, 0.3) is 0 Å². The molecule has 1 unspecified atom stereocenters. The van der Waals surface area contributed by atoms with Gasteiger partial charge in [-0.3, -0.25) is 4.79 Å². The average Bonchev–Trinajstić information content (AvgIpc) is 2.39. The van der Waals surface area contributed by atoms with Crippen LogP contribution in [0.5, 0.6) is 0 Å². The number of hydrogen-bond acceptors (Lipinski definition) is 3. The summed E-state index contributed by atoms with van der Waals surface area (Å²) in [5, 5.41) is 3.23. The van der Waals surface area contributed by atoms with Gasteiger partial charge in [0.05, 0.1) is 13.2 Å². The van der Waals surface area contributed by atoms with Crippen LogP contribution >= 0.6 is 12.4 Å². The molecule has 0 aromatic heterocycles. The Morgan fingerprint density at radius 1 is 1.41 bits per heavy atom. The summed E-state index contributed by atoms with van der Waals surface area (Å²) >= 11 is 0. The maximum atomic E-state index is 12.1. The van der Waals surface area contributed by atoms with Gasteiger partial charge >= 0.3 is 0 Å². The number of hydrogen-bond donors (Lipinski definition) is 1. The van der Waals surface area contributed by atoms with Gasteiger partial charge in [0.15, 0.2) is 0 Å². The van der Waals surface area contributed by atoms with Crippen LogP contribution in [0, 0.1) is 5.92 Å². The van der Waals surface area contributed by atoms with Crippen molar-refractivity contribution in [2.24, 2.45) is 5.92 Å². The lowest BCUT2D eigenvalue weighted by molar-refractivity contribution is -0.137. The lowest BCUT2D eigenvalue weighted by Gasteiger charge is -2.35. The maximum Gasteiger partial charge on any atom is 0.242 e. The van der Waals surface area contributed by atoms with Gasteiger partial charge < -0.3 is 15.0 Å². The normalized spacial score (nSPS) is 26.4. The molecule has 17 heavy (non-hydrogen) atoms. The van der Waals surface area contributed by atoms with Gasteiger partial charge in [-0.1, -0.05) is 13.3 Å². The molecule has 2 fully saturated rings. The van der Waals surface area contributed by atoms with Crippen molar-refractivity contribution in [2.75, 3.05) is 32.8 Å². The summed E-state index contributed by atoms with van der Waals surface area (Å²) in [7, 11) is 0. The fourth-order valence-corrected chi connectivity index (χ4v) is 2.51. The minimum absolute atomic E-state index is 0. The number of likely N-dealkylation sites (tertiary alicyclic amines) is 1. The van der Waals surface area contributed by atoms with Gasteiger partial charge in [-0.2, -0.15) is 0 Å². The molecule has 0 saturated carbocycles. The summed E-state index contributed by atoms with van der Waals surface area (Å²) < 4.78 is 5.33. The molecular formula is C12H23ClN2O2. The molecule has 0 aromatic rings. The third kappa shape index (κ3) is 3.83. The highest BCUT2D eigenvalue weighted by molar-refractivity contribution is 5.85. The molecule has 2 rings (SSSR count). The Kier molecular flexibility index (Phi) is 6.23. The minimum atomic E-state index is -0.105. The van der Waals surface area contributed by atoms with E-state index in [1.54, 1.807) is 0 Å². The molecule has 5 heteroatoms. The number of ether oxygens (including phenoxy) is 1. The zero-order valence-electron chi connectivity index (χ0n) is 10.5. The van der Waals surface area contributed by atoms with E-state index in [9.17, 15) is 4.79 Å². The van der Waals surface area contributed by atoms with Crippen molar-refractivity contribution in [1.82, 2.24) is 10.2 Å². The van der Waals surface area contributed by atoms with Gasteiger partial charge in [0.1, 0.15) is 6.04 Å². The summed E-state index contributed by atoms with van der Waals surface area (Å²) in [6.07, 6.45) is 3.57. The second-order valence-electron chi connectivity index (χ2n) is 4.76. The van der Waals surface area contributed by atoms with Gasteiger partial charge in [-0.25, -0.2) is 0 Å². The van der Waals surface area contributed by atoms with Gasteiger partial charge in [0.2, 0.25) is 5.91 Å². The molecule has 2 saturated heterocycles. The van der Waals surface area contributed by atoms with Crippen LogP contribution in [0.3, 0.4) is 0 Å². The maximum absolute atomic E-state index is 12.1. The second kappa shape index (κ2) is 7.19. The smallest absolute Gasteiger partial charge is 0.242 e. The summed E-state index contributed by atoms with van der Waals surface area (Å²) in [6, 6.07) is -0.105. The Morgan fingerprint density at radius 3 is 2.65 bits per heavy atom. The van der Waals surface area contributed by atoms with E-state index in [1.165, 1.54) is 6.42 Å². The number of rotatable bonds is 2. The van der Waals surface area contributed by atoms with Crippen molar-refractivity contribution in [1.29, 1.82) is 0 Å². The van der Waals surface area contributed by atoms with Crippen molar-refractivity contribution in [3.63, 3.8) is 0 Å². The monoisotopic (exact) mass is 262 g/mol. The number of piperidine rings is 1. The van der Waals surface area contributed by atoms with E-state index >= 15 is 0 Å². The Balaban J connectivity index is 0.00000144. The molecule has 100 valence electrons. The molecule has 0 bridgehead atoms. The first-order valence-corrected chi connectivity index (χ1v) is 6.41. The van der Waals surface area contributed by atoms with E-state index in [-0.39, 0.29) is 24.4 Å². The largest absolute Gasteiger partial charge is 0.378 e. The Hall–Kier alpha value is -0.320. The molecular weight excluding hydrogens is 240 g/mol. The predicted octanol–water partition coefficient (Wildman–Crippen LogP) is 1.05. The third-order valence-electron chi connectivity index (χ3n) is 3.72. The summed E-state index contributed by atoms with van der Waals surface area (Å²) in [4.78, 5) is 14.1. The minimum Gasteiger partial charge on any atom is -0.378 e. The van der Waals surface area contributed by atoms with Crippen LogP contribution < -0.4 is 5.32 Å². The van der Waals surface area contributed by atoms with E-state index in [4.69, 9.17) is 4.74 Å². The van der Waals surface area contributed by atoms with Crippen molar-refractivity contribution in [2.45, 2.75) is 32.2 Å². The Morgan fingerprint density at radius 2 is 2.12 bits per heavy atom. The highest BCUT2D eigenvalue weighted by Gasteiger charge is 2.28. The van der Waals surface area contributed by atoms with Crippen LogP contribution in [0.2, 0.25) is 0 Å². The molecule has 0 spiro atoms. The fraction of sp³-hybridized carbons (Fsp3) is 0.917. The molecule has 1 N–H and O–H groups in total. The van der Waals surface area contributed by atoms with Crippen LogP contribution in [0.4, 0.5) is 0 Å². The fourth-order valence-electron chi connectivity index (χ4n) is 2.51. The summed E-state index contributed by atoms with van der Waals surface area (Å²) in [6.45, 7) is 6.14. The standard InChI is InChI=1S/C12H22N2O2.ClH/c1-2-10-3-6-14(7-4-10)12(15)11-9-16-8-5-13-11;/h10-11,13H,2-9H2,1H3;1H. The molecule has 0 radical (unpaired) electrons. The number of amides is 1. The first-order valence-electron chi connectivity index (χ1n) is 6.41. The van der Waals surface area contributed by atoms with Crippen LogP contribution in [0.1, 0.15) is 26.2 Å². The van der Waals surface area contributed by atoms with E-state index in [0.717, 1.165) is 45.0 Å². The molecule has 2 aliphatic rings. The second-order valence-corrected chi connectivity index (χ2v) is 4.76. The van der Waals surface area contributed by atoms with Crippen LogP contribution in [-0.2, 0) is 9.53 Å². The van der Waals surface area contributed by atoms with Crippen LogP contribution in [-0.4, -0.2) is 49.7 Å². The Bertz CT molecular complexity index is 237. The van der Waals surface area contributed by atoms with E-state index in [0.29, 0.717) is 6.61 Å². The number of nitrogens with zero attached hydrogens (tertiary/aromatic N) is 1. The van der Waals surface area contributed by atoms with E-state index < -0.39 is 0 Å². The number of halogens is 1. The van der Waals surface area contributed by atoms with Gasteiger partial charge in [-0.05, 0) is 18.8 Å². The van der Waals surface area contributed by atoms with Crippen molar-refractivity contribution < 1.29 is 9.53 Å². The molecule has 1 atom stereocenters. The van der Waals surface area contributed by atoms with Crippen LogP contribution in [0.15, 0.2) is 0 Å². The topological polar surface area (TPSA) is 41.6 Å². The molecule has 2 heterocycles. The summed E-state index contributed by atoms with van der Waals surface area (Å²) in [5.74, 6) is 1.05. The first kappa shape index (κ1) is 14.7. The Labute approximate surface area is 109 Å². The summed E-state index contributed by atoms with van der Waals surface area (Å²) in [5.41, 5.74) is 0. The molecule has 1 amide bonds. The van der Waals surface area contributed by atoms with Crippen molar-refractivity contribution in [3.05, 3.63) is 0 Å². The van der Waals surface area contributed by atoms with Crippen LogP contribution in [0.25, 0.3) is 0 Å². The molecule has 2 aliphatic heterocycles. The van der Waals surface area contributed by atoms with E-state index in [2.05, 4.69) is 12.2 Å². The zero-order valence-corrected chi connectivity index (χ0v) is 11.3. The highest BCUT2D eigenvalue weighted by Crippen LogP contribution is 2.20. The van der Waals surface area contributed by atoms with Gasteiger partial charge in [-0.15, -0.1) is 12.4 Å². The number of morpholine rings is 1. The highest BCUT2D eigenvalue weighted by atomic mass is 35.5. The third-order valence-corrected chi connectivity index (χ3v) is 3.72. The number of carbonyl (C=O) groups is 1. The quantitative estimate of drug-likeness (QED) is 0.809. The molecule has 4 nitrogen and oxygen atoms in total. The predicted molar refractivity (Wildman–Crippen MR) is 69.5 cm³/mol. The van der Waals surface area contributed by atoms with E-state index in [1.807, 2.05) is 4.90 Å². The number of nitrogens with one attached hydrogen (secondary N) is 1. The lowest BCUT2D eigenvalue weighted by atomic mass is 9.94. The molecule has 0 aliphatic carbocycles. The SMILES string of the molecule is CCC1CCN(C(=O)C2COCCN2)CC1.Cl. The molecule has 0 aromatic carbocycles. The van der Waals surface area contributed by atoms with Crippen molar-refractivity contribution in [3.8, 4) is 0 Å². The lowest BCUT2D eigenvalue weighted by Crippen LogP contribution is -2.54. The average molecular weight is 263 g/mol. The zero-order chi connectivity index (χ0) is 11.4. The first-order chi connectivity index (χ1) is 7.81. The van der Waals surface area contributed by atoms with Crippen molar-refractivity contribution >= 4 is 18.3 Å².